The van der Waals surface area contributed by atoms with Gasteiger partial charge in [0.05, 0.1) is 22.4 Å². The molecular weight excluding hydrogens is 1170 g/mol. The molecule has 18 aromatic rings. The van der Waals surface area contributed by atoms with Crippen LogP contribution in [-0.2, 0) is 0 Å². The molecule has 3 aromatic heterocycles. The van der Waals surface area contributed by atoms with Crippen LogP contribution in [0.15, 0.2) is 349 Å². The summed E-state index contributed by atoms with van der Waals surface area (Å²) >= 11 is 0. The third kappa shape index (κ3) is 8.25. The van der Waals surface area contributed by atoms with E-state index < -0.39 is 0 Å². The topological polar surface area (TPSA) is 37.7 Å². The molecule has 0 saturated heterocycles. The summed E-state index contributed by atoms with van der Waals surface area (Å²) < 4.78 is 15.8. The van der Waals surface area contributed by atoms with Crippen molar-refractivity contribution in [3.8, 4) is 72.4 Å². The van der Waals surface area contributed by atoms with Crippen molar-refractivity contribution in [2.24, 2.45) is 0 Å². The molecule has 0 saturated carbocycles. The maximum Gasteiger partial charge on any atom is 0.252 e. The SMILES string of the molecule is c1ccc(-c2cccc(-c3ccccc3)c2N2c3ccc(-c4cccc5oc6ccccc6c45)cc3B3c4ccc(-n5c6ccccc6c6ccccc65)cc4N(c4c(-c5ccccc5)cccc4-c4ccccc4)c4cc(-c5ccc6oc7ccccc7c6c5)cc2c43)cc1. The molecule has 0 aliphatic carbocycles. The van der Waals surface area contributed by atoms with Crippen molar-refractivity contribution in [1.29, 1.82) is 0 Å². The van der Waals surface area contributed by atoms with E-state index in [0.29, 0.717) is 0 Å². The summed E-state index contributed by atoms with van der Waals surface area (Å²) in [4.78, 5) is 5.30. The van der Waals surface area contributed by atoms with Gasteiger partial charge in [-0.05, 0) is 134 Å². The molecule has 0 unspecified atom stereocenters. The maximum absolute atomic E-state index is 6.67. The summed E-state index contributed by atoms with van der Waals surface area (Å²) in [7, 11) is 0. The van der Waals surface area contributed by atoms with Gasteiger partial charge in [0.2, 0.25) is 0 Å². The Balaban J connectivity index is 0.972. The van der Waals surface area contributed by atoms with Gasteiger partial charge < -0.3 is 23.2 Å². The van der Waals surface area contributed by atoms with Crippen LogP contribution >= 0.6 is 0 Å². The molecule has 20 rings (SSSR count). The zero-order valence-corrected chi connectivity index (χ0v) is 52.1. The largest absolute Gasteiger partial charge is 0.456 e. The molecule has 5 heterocycles. The van der Waals surface area contributed by atoms with Crippen LogP contribution in [0.3, 0.4) is 0 Å². The first kappa shape index (κ1) is 54.0. The first-order valence-corrected chi connectivity index (χ1v) is 33.0. The Kier molecular flexibility index (Phi) is 12.1. The predicted molar refractivity (Wildman–Crippen MR) is 402 cm³/mol. The molecule has 0 radical (unpaired) electrons. The number of hydrogen-bond donors (Lipinski definition) is 0. The lowest BCUT2D eigenvalue weighted by molar-refractivity contribution is 0.668. The van der Waals surface area contributed by atoms with Crippen molar-refractivity contribution in [2.75, 3.05) is 9.80 Å². The van der Waals surface area contributed by atoms with Crippen molar-refractivity contribution >= 4 is 123 Å². The van der Waals surface area contributed by atoms with Gasteiger partial charge in [0.25, 0.3) is 6.71 Å². The van der Waals surface area contributed by atoms with Gasteiger partial charge in [-0.25, -0.2) is 0 Å². The molecule has 0 amide bonds. The molecule has 0 bridgehead atoms. The second kappa shape index (κ2) is 21.5. The highest BCUT2D eigenvalue weighted by Gasteiger charge is 2.46. The lowest BCUT2D eigenvalue weighted by Gasteiger charge is -2.46. The highest BCUT2D eigenvalue weighted by molar-refractivity contribution is 7.00. The molecule has 15 aromatic carbocycles. The Hall–Kier alpha value is -12.6. The molecule has 0 atom stereocenters. The zero-order valence-electron chi connectivity index (χ0n) is 52.1. The number of rotatable bonds is 9. The minimum atomic E-state index is -0.289. The minimum Gasteiger partial charge on any atom is -0.456 e. The van der Waals surface area contributed by atoms with Crippen LogP contribution in [0.2, 0.25) is 0 Å². The van der Waals surface area contributed by atoms with Gasteiger partial charge in [-0.3, -0.25) is 0 Å². The van der Waals surface area contributed by atoms with E-state index in [1.165, 1.54) is 27.2 Å². The van der Waals surface area contributed by atoms with Crippen molar-refractivity contribution in [1.82, 2.24) is 4.57 Å². The van der Waals surface area contributed by atoms with E-state index in [1.807, 2.05) is 0 Å². The molecule has 0 N–H and O–H groups in total. The summed E-state index contributed by atoms with van der Waals surface area (Å²) in [5.41, 5.74) is 30.3. The average Bonchev–Trinajstić information content (AvgIpc) is 0.823. The van der Waals surface area contributed by atoms with Crippen LogP contribution in [0.25, 0.3) is 138 Å². The van der Waals surface area contributed by atoms with Crippen molar-refractivity contribution in [3.63, 3.8) is 0 Å². The Labute approximate surface area is 554 Å². The van der Waals surface area contributed by atoms with Crippen LogP contribution in [0.1, 0.15) is 0 Å². The van der Waals surface area contributed by atoms with Gasteiger partial charge in [-0.15, -0.1) is 0 Å². The Morgan fingerprint density at radius 3 is 1.27 bits per heavy atom. The Morgan fingerprint density at radius 1 is 0.240 bits per heavy atom. The van der Waals surface area contributed by atoms with E-state index in [0.717, 1.165) is 161 Å². The summed E-state index contributed by atoms with van der Waals surface area (Å²) in [6, 6.07) is 125. The number of aromatic nitrogens is 1. The lowest BCUT2D eigenvalue weighted by atomic mass is 9.33. The fourth-order valence-corrected chi connectivity index (χ4v) is 16.0. The number of furan rings is 2. The molecule has 446 valence electrons. The molecule has 96 heavy (non-hydrogen) atoms. The minimum absolute atomic E-state index is 0.289. The number of anilines is 6. The molecule has 6 heteroatoms. The van der Waals surface area contributed by atoms with E-state index in [2.05, 4.69) is 354 Å². The molecule has 5 nitrogen and oxygen atoms in total. The van der Waals surface area contributed by atoms with E-state index in [9.17, 15) is 0 Å². The van der Waals surface area contributed by atoms with Crippen LogP contribution in [0.5, 0.6) is 0 Å². The molecule has 0 fully saturated rings. The number of nitrogens with zero attached hydrogens (tertiary/aromatic N) is 3. The lowest BCUT2D eigenvalue weighted by Crippen LogP contribution is -2.61. The number of benzene rings is 15. The third-order valence-electron chi connectivity index (χ3n) is 20.2. The predicted octanol–water partition coefficient (Wildman–Crippen LogP) is 22.7. The van der Waals surface area contributed by atoms with Crippen LogP contribution in [0.4, 0.5) is 34.1 Å². The fourth-order valence-electron chi connectivity index (χ4n) is 16.0. The van der Waals surface area contributed by atoms with Gasteiger partial charge >= 0.3 is 0 Å². The van der Waals surface area contributed by atoms with Gasteiger partial charge in [-0.2, -0.15) is 0 Å². The van der Waals surface area contributed by atoms with Crippen molar-refractivity contribution in [3.05, 3.63) is 340 Å². The molecular formula is C90H56BN3O2. The van der Waals surface area contributed by atoms with Crippen LogP contribution < -0.4 is 26.2 Å². The van der Waals surface area contributed by atoms with E-state index in [4.69, 9.17) is 8.83 Å². The van der Waals surface area contributed by atoms with Crippen LogP contribution in [-0.4, -0.2) is 11.3 Å². The monoisotopic (exact) mass is 1220 g/mol. The molecule has 2 aliphatic heterocycles. The first-order valence-electron chi connectivity index (χ1n) is 33.0. The summed E-state index contributed by atoms with van der Waals surface area (Å²) in [6.45, 7) is -0.289. The van der Waals surface area contributed by atoms with Crippen molar-refractivity contribution < 1.29 is 8.83 Å². The number of para-hydroxylation sites is 6. The van der Waals surface area contributed by atoms with E-state index in [1.54, 1.807) is 0 Å². The smallest absolute Gasteiger partial charge is 0.252 e. The zero-order chi connectivity index (χ0) is 63.0. The normalized spacial score (nSPS) is 12.5. The number of hydrogen-bond acceptors (Lipinski definition) is 4. The first-order chi connectivity index (χ1) is 47.6. The maximum atomic E-state index is 6.67. The second-order valence-corrected chi connectivity index (χ2v) is 25.4. The van der Waals surface area contributed by atoms with Gasteiger partial charge in [0, 0.05) is 83.0 Å². The van der Waals surface area contributed by atoms with E-state index >= 15 is 0 Å². The number of fused-ring (bicyclic) bond motifs is 13. The third-order valence-corrected chi connectivity index (χ3v) is 20.2. The highest BCUT2D eigenvalue weighted by atomic mass is 16.3. The molecule has 2 aliphatic rings. The summed E-state index contributed by atoms with van der Waals surface area (Å²) in [6.07, 6.45) is 0. The van der Waals surface area contributed by atoms with Gasteiger partial charge in [0.15, 0.2) is 0 Å². The van der Waals surface area contributed by atoms with Gasteiger partial charge in [-0.1, -0.05) is 267 Å². The molecule has 0 spiro atoms. The summed E-state index contributed by atoms with van der Waals surface area (Å²) in [5, 5.41) is 6.78. The summed E-state index contributed by atoms with van der Waals surface area (Å²) in [5.74, 6) is 0. The Morgan fingerprint density at radius 2 is 0.688 bits per heavy atom. The fraction of sp³-hybridized carbons (Fsp3) is 0. The van der Waals surface area contributed by atoms with E-state index in [-0.39, 0.29) is 6.71 Å². The quantitative estimate of drug-likeness (QED) is 0.135. The standard InChI is InChI=1S/C90H56BN3O2/c1-5-24-57(25-6-1)66-37-21-38-67(58-26-7-2-8-27-58)89(66)93-79-50-46-62(65-36-23-45-86-87(65)73-35-16-20-44-84(73)96-86)53-76(79)91-75-49-48-64(92-77-41-17-13-32-70(77)71-33-14-18-42-78(71)92)56-80(75)94(90-68(59-28-9-3-10-29-59)39-22-40-69(90)60-30-11-4-12-31-60)82-55-63(54-81(93)88(82)91)61-47-51-85-74(52-61)72-34-15-19-43-83(72)95-85/h1-56H. The van der Waals surface area contributed by atoms with Gasteiger partial charge in [0.1, 0.15) is 22.3 Å². The van der Waals surface area contributed by atoms with Crippen molar-refractivity contribution in [2.45, 2.75) is 0 Å². The second-order valence-electron chi connectivity index (χ2n) is 25.4. The average molecular weight is 1220 g/mol. The highest BCUT2D eigenvalue weighted by Crippen LogP contribution is 2.55. The van der Waals surface area contributed by atoms with Crippen LogP contribution in [0, 0.1) is 0 Å². The Bertz CT molecular complexity index is 6000.